The van der Waals surface area contributed by atoms with Gasteiger partial charge in [0.05, 0.1) is 11.9 Å². The normalized spacial score (nSPS) is 32.3. The van der Waals surface area contributed by atoms with Crippen molar-refractivity contribution in [2.24, 2.45) is 23.2 Å². The van der Waals surface area contributed by atoms with Gasteiger partial charge in [0.25, 0.3) is 0 Å². The topological polar surface area (TPSA) is 57.5 Å². The lowest BCUT2D eigenvalue weighted by Crippen LogP contribution is -2.22. The molecule has 2 aliphatic carbocycles. The Morgan fingerprint density at radius 1 is 1.41 bits per heavy atom. The van der Waals surface area contributed by atoms with Crippen molar-refractivity contribution in [3.63, 3.8) is 0 Å². The second-order valence-corrected chi connectivity index (χ2v) is 7.88. The Morgan fingerprint density at radius 2 is 2.14 bits per heavy atom. The third-order valence-electron chi connectivity index (χ3n) is 5.45. The first-order valence-corrected chi connectivity index (χ1v) is 8.54. The van der Waals surface area contributed by atoms with Gasteiger partial charge in [0.15, 0.2) is 0 Å². The molecule has 22 heavy (non-hydrogen) atoms. The first-order chi connectivity index (χ1) is 10.3. The largest absolute Gasteiger partial charge is 0.512 e. The van der Waals surface area contributed by atoms with E-state index in [1.54, 1.807) is 0 Å². The fourth-order valence-electron chi connectivity index (χ4n) is 4.14. The highest BCUT2D eigenvalue weighted by atomic mass is 16.3. The summed E-state index contributed by atoms with van der Waals surface area (Å²) in [6.07, 6.45) is 9.09. The molecule has 0 aromatic rings. The van der Waals surface area contributed by atoms with Gasteiger partial charge in [0.1, 0.15) is 5.78 Å². The summed E-state index contributed by atoms with van der Waals surface area (Å²) in [5.41, 5.74) is 0.130. The fraction of sp³-hybridized carbons (Fsp3) is 0.737. The van der Waals surface area contributed by atoms with E-state index in [0.29, 0.717) is 25.0 Å². The lowest BCUT2D eigenvalue weighted by Gasteiger charge is -2.25. The van der Waals surface area contributed by atoms with Crippen LogP contribution in [0.4, 0.5) is 0 Å². The van der Waals surface area contributed by atoms with E-state index in [1.165, 1.54) is 0 Å². The number of unbranched alkanes of at least 4 members (excludes halogenated alkanes) is 1. The molecule has 0 saturated heterocycles. The number of ketones is 1. The van der Waals surface area contributed by atoms with E-state index >= 15 is 0 Å². The Hall–Kier alpha value is -1.09. The molecule has 3 nitrogen and oxygen atoms in total. The molecule has 0 aliphatic heterocycles. The minimum Gasteiger partial charge on any atom is -0.512 e. The lowest BCUT2D eigenvalue weighted by atomic mass is 9.82. The minimum absolute atomic E-state index is 0.130. The fourth-order valence-corrected chi connectivity index (χ4v) is 4.14. The number of hydrogen-bond acceptors (Lipinski definition) is 3. The van der Waals surface area contributed by atoms with Crippen LogP contribution in [0, 0.1) is 23.2 Å². The summed E-state index contributed by atoms with van der Waals surface area (Å²) in [4.78, 5) is 11.6. The summed E-state index contributed by atoms with van der Waals surface area (Å²) >= 11 is 0. The lowest BCUT2D eigenvalue weighted by molar-refractivity contribution is -0.118. The minimum atomic E-state index is -0.497. The van der Waals surface area contributed by atoms with Gasteiger partial charge in [0, 0.05) is 18.8 Å². The highest BCUT2D eigenvalue weighted by molar-refractivity contribution is 5.81. The quantitative estimate of drug-likeness (QED) is 0.421. The Bertz CT molecular complexity index is 450. The summed E-state index contributed by atoms with van der Waals surface area (Å²) < 4.78 is 0. The third kappa shape index (κ3) is 4.01. The molecule has 0 heterocycles. The van der Waals surface area contributed by atoms with Crippen LogP contribution in [-0.4, -0.2) is 22.1 Å². The molecule has 4 atom stereocenters. The molecule has 2 N–H and O–H groups in total. The van der Waals surface area contributed by atoms with Crippen molar-refractivity contribution < 1.29 is 15.0 Å². The molecule has 3 heteroatoms. The monoisotopic (exact) mass is 306 g/mol. The molecule has 0 spiro atoms. The van der Waals surface area contributed by atoms with Crippen LogP contribution in [0.15, 0.2) is 24.5 Å². The van der Waals surface area contributed by atoms with Crippen molar-refractivity contribution in [1.29, 1.82) is 0 Å². The van der Waals surface area contributed by atoms with Gasteiger partial charge in [-0.3, -0.25) is 4.79 Å². The second kappa shape index (κ2) is 6.99. The molecule has 0 unspecified atom stereocenters. The maximum Gasteiger partial charge on any atom is 0.133 e. The zero-order chi connectivity index (χ0) is 16.3. The smallest absolute Gasteiger partial charge is 0.133 e. The zero-order valence-electron chi connectivity index (χ0n) is 13.9. The number of carbonyl (C=O) groups excluding carboxylic acids is 1. The molecule has 0 radical (unpaired) electrons. The van der Waals surface area contributed by atoms with E-state index in [2.05, 4.69) is 20.4 Å². The van der Waals surface area contributed by atoms with Crippen molar-refractivity contribution in [1.82, 2.24) is 0 Å². The van der Waals surface area contributed by atoms with E-state index in [4.69, 9.17) is 0 Å². The highest BCUT2D eigenvalue weighted by Crippen LogP contribution is 2.48. The number of aliphatic hydroxyl groups excluding tert-OH is 2. The van der Waals surface area contributed by atoms with Gasteiger partial charge in [0.2, 0.25) is 0 Å². The first kappa shape index (κ1) is 17.3. The van der Waals surface area contributed by atoms with Crippen LogP contribution in [0.3, 0.4) is 0 Å². The van der Waals surface area contributed by atoms with Gasteiger partial charge in [-0.2, -0.15) is 0 Å². The predicted molar refractivity (Wildman–Crippen MR) is 88.5 cm³/mol. The van der Waals surface area contributed by atoms with Gasteiger partial charge >= 0.3 is 0 Å². The Labute approximate surface area is 134 Å². The van der Waals surface area contributed by atoms with Crippen molar-refractivity contribution in [2.45, 2.75) is 64.9 Å². The van der Waals surface area contributed by atoms with Crippen LogP contribution < -0.4 is 0 Å². The van der Waals surface area contributed by atoms with Crippen molar-refractivity contribution >= 4 is 5.78 Å². The van der Waals surface area contributed by atoms with Gasteiger partial charge in [-0.05, 0) is 55.4 Å². The van der Waals surface area contributed by atoms with E-state index in [1.807, 2.05) is 12.2 Å². The Kier molecular flexibility index (Phi) is 5.49. The van der Waals surface area contributed by atoms with E-state index in [-0.39, 0.29) is 29.0 Å². The molecule has 124 valence electrons. The molecule has 0 aromatic heterocycles. The molecule has 0 aromatic carbocycles. The number of allylic oxidation sites excluding steroid dienone is 2. The van der Waals surface area contributed by atoms with Crippen LogP contribution in [0.25, 0.3) is 0 Å². The Balaban J connectivity index is 1.96. The summed E-state index contributed by atoms with van der Waals surface area (Å²) in [6, 6.07) is 0. The van der Waals surface area contributed by atoms with Crippen LogP contribution in [0.2, 0.25) is 0 Å². The molecule has 0 amide bonds. The summed E-state index contributed by atoms with van der Waals surface area (Å²) in [7, 11) is 0. The standard InChI is InChI=1S/C19H30O3/c1-4-5-6-8-19(2,3)9-7-16(21)18-15-12-14(20)10-13(15)11-17(18)22/h4,7,13,15,17-18,21-22H,1,5-6,8-12H2,2-3H3/t13-,15-,17-,18+/m1/s1. The summed E-state index contributed by atoms with van der Waals surface area (Å²) in [5.74, 6) is 0.752. The molecule has 2 aliphatic rings. The first-order valence-electron chi connectivity index (χ1n) is 8.54. The molecular formula is C19H30O3. The van der Waals surface area contributed by atoms with Crippen LogP contribution >= 0.6 is 0 Å². The average molecular weight is 306 g/mol. The van der Waals surface area contributed by atoms with Crippen molar-refractivity contribution in [2.75, 3.05) is 0 Å². The van der Waals surface area contributed by atoms with E-state index in [9.17, 15) is 15.0 Å². The van der Waals surface area contributed by atoms with Crippen molar-refractivity contribution in [3.05, 3.63) is 24.5 Å². The number of Topliss-reactive ketones (excluding diaryl/α,β-unsaturated/α-hetero) is 1. The zero-order valence-corrected chi connectivity index (χ0v) is 13.9. The highest BCUT2D eigenvalue weighted by Gasteiger charge is 2.49. The summed E-state index contributed by atoms with van der Waals surface area (Å²) in [6.45, 7) is 8.15. The number of carbonyl (C=O) groups is 1. The van der Waals surface area contributed by atoms with Gasteiger partial charge in [-0.15, -0.1) is 6.58 Å². The van der Waals surface area contributed by atoms with E-state index in [0.717, 1.165) is 25.7 Å². The van der Waals surface area contributed by atoms with Gasteiger partial charge < -0.3 is 10.2 Å². The molecule has 2 saturated carbocycles. The average Bonchev–Trinajstić information content (AvgIpc) is 2.91. The summed E-state index contributed by atoms with van der Waals surface area (Å²) in [5, 5.41) is 20.7. The molecule has 2 fully saturated rings. The van der Waals surface area contributed by atoms with Crippen LogP contribution in [0.1, 0.15) is 58.8 Å². The number of hydrogen-bond donors (Lipinski definition) is 2. The third-order valence-corrected chi connectivity index (χ3v) is 5.45. The van der Waals surface area contributed by atoms with Crippen LogP contribution in [0.5, 0.6) is 0 Å². The maximum absolute atomic E-state index is 11.6. The number of fused-ring (bicyclic) bond motifs is 1. The van der Waals surface area contributed by atoms with Crippen LogP contribution in [-0.2, 0) is 4.79 Å². The molecular weight excluding hydrogens is 276 g/mol. The number of rotatable bonds is 7. The molecule has 0 bridgehead atoms. The maximum atomic E-state index is 11.6. The Morgan fingerprint density at radius 3 is 2.82 bits per heavy atom. The SMILES string of the molecule is C=CCCCC(C)(C)CC=C(O)[C@@H]1[C@@H]2CC(=O)C[C@@H]2C[C@H]1O. The van der Waals surface area contributed by atoms with E-state index < -0.39 is 6.10 Å². The van der Waals surface area contributed by atoms with Gasteiger partial charge in [-0.1, -0.05) is 19.9 Å². The second-order valence-electron chi connectivity index (χ2n) is 7.88. The predicted octanol–water partition coefficient (Wildman–Crippen LogP) is 4.18. The van der Waals surface area contributed by atoms with Gasteiger partial charge in [-0.25, -0.2) is 0 Å². The number of aliphatic hydroxyl groups is 2. The molecule has 2 rings (SSSR count). The van der Waals surface area contributed by atoms with Crippen molar-refractivity contribution in [3.8, 4) is 0 Å².